The van der Waals surface area contributed by atoms with Crippen LogP contribution in [0.4, 0.5) is 0 Å². The van der Waals surface area contributed by atoms with E-state index in [1.807, 2.05) is 0 Å². The average Bonchev–Trinajstić information content (AvgIpc) is 1.25. The van der Waals surface area contributed by atoms with E-state index in [0.717, 1.165) is 0 Å². The van der Waals surface area contributed by atoms with Crippen molar-refractivity contribution in [3.05, 3.63) is 30.6 Å². The van der Waals surface area contributed by atoms with Gasteiger partial charge in [0.1, 0.15) is 0 Å². The first kappa shape index (κ1) is 22.7. The summed E-state index contributed by atoms with van der Waals surface area (Å²) in [6, 6.07) is 0. The molecule has 0 aromatic carbocycles. The van der Waals surface area contributed by atoms with Gasteiger partial charge in [-0.25, -0.2) is 0 Å². The molecule has 0 aliphatic heterocycles. The Bertz CT molecular complexity index is 73.7. The molecule has 0 rings (SSSR count). The Kier molecular flexibility index (Phi) is 35.9. The minimum Gasteiger partial charge on any atom is -0.356 e. The Morgan fingerprint density at radius 2 is 0.800 bits per heavy atom. The maximum atomic E-state index is 8.25. The molecule has 68 valence electrons. The molecule has 0 unspecified atom stereocenters. The van der Waals surface area contributed by atoms with Crippen LogP contribution in [0.2, 0.25) is 0 Å². The van der Waals surface area contributed by atoms with Gasteiger partial charge in [-0.15, -0.1) is 0 Å². The zero-order valence-electron chi connectivity index (χ0n) is 3.98. The van der Waals surface area contributed by atoms with Gasteiger partial charge < -0.3 is 30.6 Å². The van der Waals surface area contributed by atoms with Crippen molar-refractivity contribution in [2.45, 2.75) is 0 Å². The number of nitrogens with zero attached hydrogens (tertiary/aromatic N) is 2. The molecule has 0 aromatic heterocycles. The Morgan fingerprint density at radius 3 is 0.800 bits per heavy atom. The molecular formula is CoCuN2O6-2. The molecule has 2 radical (unpaired) electrons. The van der Waals surface area contributed by atoms with Crippen molar-refractivity contribution in [1.82, 2.24) is 0 Å². The molecule has 8 nitrogen and oxygen atoms in total. The minimum atomic E-state index is -1.75. The predicted molar refractivity (Wildman–Crippen MR) is 20.7 cm³/mol. The van der Waals surface area contributed by atoms with Gasteiger partial charge in [-0.1, -0.05) is 0 Å². The molecular weight excluding hydrogens is 246 g/mol. The first-order chi connectivity index (χ1) is 3.46. The summed E-state index contributed by atoms with van der Waals surface area (Å²) in [4.78, 5) is 16.5. The van der Waals surface area contributed by atoms with Gasteiger partial charge in [-0.3, -0.25) is 0 Å². The zero-order valence-corrected chi connectivity index (χ0v) is 5.96. The van der Waals surface area contributed by atoms with E-state index in [1.165, 1.54) is 0 Å². The van der Waals surface area contributed by atoms with Gasteiger partial charge in [-0.05, 0) is 0 Å². The van der Waals surface area contributed by atoms with Crippen LogP contribution in [0.25, 0.3) is 0 Å². The van der Waals surface area contributed by atoms with Gasteiger partial charge in [0.25, 0.3) is 0 Å². The van der Waals surface area contributed by atoms with Crippen molar-refractivity contribution in [3.8, 4) is 0 Å². The average molecular weight is 246 g/mol. The maximum Gasteiger partial charge on any atom is 0.0689 e. The number of hydrogen-bond acceptors (Lipinski definition) is 6. The molecule has 0 aliphatic rings. The van der Waals surface area contributed by atoms with Crippen LogP contribution in [-0.4, -0.2) is 10.2 Å². The van der Waals surface area contributed by atoms with Crippen molar-refractivity contribution >= 4 is 0 Å². The minimum absolute atomic E-state index is 0. The predicted octanol–water partition coefficient (Wildman–Crippen LogP) is -0.483. The fourth-order valence-electron chi connectivity index (χ4n) is 0. The van der Waals surface area contributed by atoms with E-state index in [2.05, 4.69) is 0 Å². The third kappa shape index (κ3) is 931. The third-order valence-corrected chi connectivity index (χ3v) is 0. The summed E-state index contributed by atoms with van der Waals surface area (Å²) in [5.41, 5.74) is 0. The van der Waals surface area contributed by atoms with Crippen molar-refractivity contribution in [2.75, 3.05) is 0 Å². The van der Waals surface area contributed by atoms with Crippen molar-refractivity contribution in [1.29, 1.82) is 0 Å². The summed E-state index contributed by atoms with van der Waals surface area (Å²) in [5, 5.41) is 29.5. The molecule has 0 aliphatic carbocycles. The largest absolute Gasteiger partial charge is 0.356 e. The van der Waals surface area contributed by atoms with Gasteiger partial charge in [0.15, 0.2) is 0 Å². The third-order valence-electron chi connectivity index (χ3n) is 0. The summed E-state index contributed by atoms with van der Waals surface area (Å²) in [6.45, 7) is 0. The van der Waals surface area contributed by atoms with E-state index in [0.29, 0.717) is 0 Å². The van der Waals surface area contributed by atoms with Crippen LogP contribution in [0.5, 0.6) is 0 Å². The topological polar surface area (TPSA) is 132 Å². The SMILES string of the molecule is O=[N+]([O-])[O-].O=[N+]([O-])[O-].[Co].[Cu]. The van der Waals surface area contributed by atoms with Crippen molar-refractivity contribution < 1.29 is 44.0 Å². The van der Waals surface area contributed by atoms with Gasteiger partial charge in [-0.2, -0.15) is 0 Å². The second-order valence-electron chi connectivity index (χ2n) is 0.447. The first-order valence-electron chi connectivity index (χ1n) is 1.10. The summed E-state index contributed by atoms with van der Waals surface area (Å²) < 4.78 is 0. The standard InChI is InChI=1S/Co.Cu.2NO3/c;;2*2-1(3)4/q;;2*-1. The molecule has 0 amide bonds. The molecule has 10 heavy (non-hydrogen) atoms. The van der Waals surface area contributed by atoms with Crippen LogP contribution >= 0.6 is 0 Å². The van der Waals surface area contributed by atoms with E-state index in [4.69, 9.17) is 30.6 Å². The molecule has 0 aromatic rings. The molecule has 0 saturated heterocycles. The van der Waals surface area contributed by atoms with Crippen LogP contribution in [0, 0.1) is 30.6 Å². The normalized spacial score (nSPS) is 4.80. The summed E-state index contributed by atoms with van der Waals surface area (Å²) >= 11 is 0. The summed E-state index contributed by atoms with van der Waals surface area (Å²) in [6.07, 6.45) is 0. The Morgan fingerprint density at radius 1 is 0.800 bits per heavy atom. The molecule has 0 N–H and O–H groups in total. The van der Waals surface area contributed by atoms with Gasteiger partial charge in [0.05, 0.1) is 10.2 Å². The number of rotatable bonds is 0. The van der Waals surface area contributed by atoms with Crippen LogP contribution in [0.3, 0.4) is 0 Å². The Labute approximate surface area is 75.1 Å². The summed E-state index contributed by atoms with van der Waals surface area (Å²) in [7, 11) is 0. The monoisotopic (exact) mass is 246 g/mol. The van der Waals surface area contributed by atoms with E-state index in [1.54, 1.807) is 0 Å². The Balaban J connectivity index is -0.0000000300. The van der Waals surface area contributed by atoms with Crippen LogP contribution in [0.15, 0.2) is 0 Å². The molecule has 0 atom stereocenters. The van der Waals surface area contributed by atoms with Gasteiger partial charge >= 0.3 is 0 Å². The quantitative estimate of drug-likeness (QED) is 0.322. The van der Waals surface area contributed by atoms with Crippen LogP contribution in [-0.2, 0) is 33.8 Å². The fraction of sp³-hybridized carbons (Fsp3) is 0. The maximum absolute atomic E-state index is 8.25. The van der Waals surface area contributed by atoms with Crippen LogP contribution in [0.1, 0.15) is 0 Å². The first-order valence-corrected chi connectivity index (χ1v) is 1.10. The number of hydrogen-bond donors (Lipinski definition) is 0. The van der Waals surface area contributed by atoms with Crippen molar-refractivity contribution in [2.24, 2.45) is 0 Å². The van der Waals surface area contributed by atoms with E-state index < -0.39 is 10.2 Å². The van der Waals surface area contributed by atoms with Crippen LogP contribution < -0.4 is 0 Å². The second kappa shape index (κ2) is 15.8. The fourth-order valence-corrected chi connectivity index (χ4v) is 0. The molecule has 0 fully saturated rings. The van der Waals surface area contributed by atoms with Crippen molar-refractivity contribution in [3.63, 3.8) is 0 Å². The molecule has 0 bridgehead atoms. The zero-order chi connectivity index (χ0) is 7.15. The Hall–Kier alpha value is -0.574. The molecule has 0 spiro atoms. The van der Waals surface area contributed by atoms with E-state index in [-0.39, 0.29) is 33.8 Å². The van der Waals surface area contributed by atoms with Gasteiger partial charge in [0, 0.05) is 33.8 Å². The summed E-state index contributed by atoms with van der Waals surface area (Å²) in [5.74, 6) is 0. The smallest absolute Gasteiger partial charge is 0.0689 e. The van der Waals surface area contributed by atoms with Gasteiger partial charge in [0.2, 0.25) is 0 Å². The second-order valence-corrected chi connectivity index (χ2v) is 0.447. The van der Waals surface area contributed by atoms with E-state index in [9.17, 15) is 0 Å². The van der Waals surface area contributed by atoms with E-state index >= 15 is 0 Å². The molecule has 10 heteroatoms. The molecule has 0 saturated carbocycles. The molecule has 0 heterocycles.